The Morgan fingerprint density at radius 3 is 2.86 bits per heavy atom. The first-order valence-corrected chi connectivity index (χ1v) is 6.27. The van der Waals surface area contributed by atoms with Crippen molar-refractivity contribution in [2.75, 3.05) is 12.3 Å². The van der Waals surface area contributed by atoms with Gasteiger partial charge in [-0.05, 0) is 6.92 Å². The van der Waals surface area contributed by atoms with Crippen molar-refractivity contribution in [1.82, 2.24) is 14.5 Å². The first kappa shape index (κ1) is 14.1. The second-order valence-electron chi connectivity index (χ2n) is 5.15. The number of halogens is 2. The zero-order valence-corrected chi connectivity index (χ0v) is 11.1. The van der Waals surface area contributed by atoms with Gasteiger partial charge in [0.25, 0.3) is 0 Å². The maximum atomic E-state index is 14.7. The first-order chi connectivity index (χ1) is 9.87. The quantitative estimate of drug-likeness (QED) is 0.728. The number of aromatic nitrogens is 3. The van der Waals surface area contributed by atoms with Crippen molar-refractivity contribution >= 4 is 16.9 Å². The summed E-state index contributed by atoms with van der Waals surface area (Å²) in [5, 5.41) is 18.9. The van der Waals surface area contributed by atoms with Crippen LogP contribution in [0.25, 0.3) is 11.0 Å². The van der Waals surface area contributed by atoms with E-state index in [0.717, 1.165) is 24.0 Å². The third-order valence-electron chi connectivity index (χ3n) is 3.74. The largest absolute Gasteiger partial charge is 0.394 e. The number of aliphatic hydroxyl groups is 2. The van der Waals surface area contributed by atoms with Crippen LogP contribution in [-0.2, 0) is 4.74 Å². The van der Waals surface area contributed by atoms with Gasteiger partial charge in [0.2, 0.25) is 0 Å². The summed E-state index contributed by atoms with van der Waals surface area (Å²) in [6.07, 6.45) is -1.88. The van der Waals surface area contributed by atoms with Crippen molar-refractivity contribution in [3.8, 4) is 0 Å². The van der Waals surface area contributed by atoms with Gasteiger partial charge in [0.15, 0.2) is 23.4 Å². The van der Waals surface area contributed by atoms with Gasteiger partial charge in [-0.1, -0.05) is 0 Å². The topological polar surface area (TPSA) is 106 Å². The van der Waals surface area contributed by atoms with Gasteiger partial charge < -0.3 is 20.7 Å². The molecule has 2 aromatic rings. The number of alkyl halides is 1. The van der Waals surface area contributed by atoms with Gasteiger partial charge in [-0.3, -0.25) is 4.57 Å². The number of nitrogens with two attached hydrogens (primary N) is 1. The predicted octanol–water partition coefficient (Wildman–Crippen LogP) is 0.131. The Bertz CT molecular complexity index is 690. The number of nitrogens with zero attached hydrogens (tertiary/aromatic N) is 3. The van der Waals surface area contributed by atoms with E-state index >= 15 is 0 Å². The SMILES string of the molecule is C[C@@]1(F)C(O)[C@@H](CO)O[C@H]1n1cc(F)c2c(N)ncnc21. The smallest absolute Gasteiger partial charge is 0.181 e. The highest BCUT2D eigenvalue weighted by atomic mass is 19.1. The zero-order valence-electron chi connectivity index (χ0n) is 11.1. The van der Waals surface area contributed by atoms with E-state index in [4.69, 9.17) is 15.6 Å². The molecule has 0 aliphatic carbocycles. The van der Waals surface area contributed by atoms with Crippen molar-refractivity contribution < 1.29 is 23.7 Å². The molecule has 1 unspecified atom stereocenters. The fraction of sp³-hybridized carbons (Fsp3) is 0.500. The lowest BCUT2D eigenvalue weighted by atomic mass is 9.98. The summed E-state index contributed by atoms with van der Waals surface area (Å²) in [7, 11) is 0. The lowest BCUT2D eigenvalue weighted by molar-refractivity contribution is -0.0566. The van der Waals surface area contributed by atoms with Gasteiger partial charge in [-0.15, -0.1) is 0 Å². The molecule has 4 atom stereocenters. The molecule has 0 bridgehead atoms. The van der Waals surface area contributed by atoms with Crippen LogP contribution in [0.1, 0.15) is 13.2 Å². The van der Waals surface area contributed by atoms with E-state index in [2.05, 4.69) is 9.97 Å². The Kier molecular flexibility index (Phi) is 3.08. The van der Waals surface area contributed by atoms with Crippen LogP contribution in [0, 0.1) is 5.82 Å². The predicted molar refractivity (Wildman–Crippen MR) is 68.4 cm³/mol. The highest BCUT2D eigenvalue weighted by Crippen LogP contribution is 2.43. The number of fused-ring (bicyclic) bond motifs is 1. The second-order valence-corrected chi connectivity index (χ2v) is 5.15. The normalized spacial score (nSPS) is 32.9. The molecule has 1 fully saturated rings. The monoisotopic (exact) mass is 300 g/mol. The van der Waals surface area contributed by atoms with E-state index in [1.165, 1.54) is 0 Å². The van der Waals surface area contributed by atoms with Crippen LogP contribution in [0.15, 0.2) is 12.5 Å². The molecular weight excluding hydrogens is 286 g/mol. The molecule has 3 rings (SSSR count). The summed E-state index contributed by atoms with van der Waals surface area (Å²) < 4.78 is 35.1. The third-order valence-corrected chi connectivity index (χ3v) is 3.74. The van der Waals surface area contributed by atoms with Gasteiger partial charge in [-0.25, -0.2) is 18.7 Å². The van der Waals surface area contributed by atoms with Gasteiger partial charge >= 0.3 is 0 Å². The highest BCUT2D eigenvalue weighted by molar-refractivity contribution is 5.86. The molecule has 1 aliphatic rings. The molecule has 2 aromatic heterocycles. The average molecular weight is 300 g/mol. The van der Waals surface area contributed by atoms with Crippen LogP contribution in [-0.4, -0.2) is 49.2 Å². The third kappa shape index (κ3) is 1.88. The summed E-state index contributed by atoms with van der Waals surface area (Å²) >= 11 is 0. The van der Waals surface area contributed by atoms with E-state index in [1.54, 1.807) is 0 Å². The van der Waals surface area contributed by atoms with E-state index in [-0.39, 0.29) is 16.9 Å². The van der Waals surface area contributed by atoms with E-state index in [9.17, 15) is 13.9 Å². The van der Waals surface area contributed by atoms with Gasteiger partial charge in [-0.2, -0.15) is 0 Å². The molecular formula is C12H14F2N4O3. The fourth-order valence-corrected chi connectivity index (χ4v) is 2.60. The molecule has 1 saturated heterocycles. The molecule has 4 N–H and O–H groups in total. The molecule has 21 heavy (non-hydrogen) atoms. The Morgan fingerprint density at radius 2 is 2.24 bits per heavy atom. The summed E-state index contributed by atoms with van der Waals surface area (Å²) in [4.78, 5) is 7.57. The van der Waals surface area contributed by atoms with E-state index in [1.807, 2.05) is 0 Å². The van der Waals surface area contributed by atoms with Crippen LogP contribution < -0.4 is 5.73 Å². The van der Waals surface area contributed by atoms with Gasteiger partial charge in [0.1, 0.15) is 24.4 Å². The van der Waals surface area contributed by atoms with E-state index in [0.29, 0.717) is 0 Å². The second kappa shape index (κ2) is 4.58. The highest BCUT2D eigenvalue weighted by Gasteiger charge is 2.55. The molecule has 0 spiro atoms. The number of anilines is 1. The van der Waals surface area contributed by atoms with Crippen LogP contribution >= 0.6 is 0 Å². The molecule has 0 amide bonds. The lowest BCUT2D eigenvalue weighted by Gasteiger charge is -2.24. The number of nitrogen functional groups attached to an aromatic ring is 1. The fourth-order valence-electron chi connectivity index (χ4n) is 2.60. The maximum absolute atomic E-state index is 14.7. The van der Waals surface area contributed by atoms with E-state index < -0.39 is 36.5 Å². The van der Waals surface area contributed by atoms with Crippen molar-refractivity contribution in [2.45, 2.75) is 31.0 Å². The molecule has 114 valence electrons. The molecule has 0 radical (unpaired) electrons. The minimum Gasteiger partial charge on any atom is -0.394 e. The Balaban J connectivity index is 2.15. The van der Waals surface area contributed by atoms with Crippen LogP contribution in [0.2, 0.25) is 0 Å². The zero-order chi connectivity index (χ0) is 15.4. The molecule has 0 saturated carbocycles. The Morgan fingerprint density at radius 1 is 1.52 bits per heavy atom. The molecule has 3 heterocycles. The molecule has 1 aliphatic heterocycles. The minimum atomic E-state index is -2.23. The molecule has 0 aromatic carbocycles. The maximum Gasteiger partial charge on any atom is 0.181 e. The van der Waals surface area contributed by atoms with Crippen molar-refractivity contribution in [1.29, 1.82) is 0 Å². The molecule has 9 heteroatoms. The van der Waals surface area contributed by atoms with Crippen molar-refractivity contribution in [3.05, 3.63) is 18.3 Å². The Labute approximate surface area is 118 Å². The number of ether oxygens (including phenoxy) is 1. The van der Waals surface area contributed by atoms with Crippen LogP contribution in [0.5, 0.6) is 0 Å². The summed E-state index contributed by atoms with van der Waals surface area (Å²) in [6, 6.07) is 0. The van der Waals surface area contributed by atoms with Crippen molar-refractivity contribution in [3.63, 3.8) is 0 Å². The number of hydrogen-bond acceptors (Lipinski definition) is 6. The summed E-state index contributed by atoms with van der Waals surface area (Å²) in [6.45, 7) is 0.558. The Hall–Kier alpha value is -1.84. The van der Waals surface area contributed by atoms with Crippen molar-refractivity contribution in [2.24, 2.45) is 0 Å². The summed E-state index contributed by atoms with van der Waals surface area (Å²) in [5.41, 5.74) is 3.41. The lowest BCUT2D eigenvalue weighted by Crippen LogP contribution is -2.40. The molecule has 7 nitrogen and oxygen atoms in total. The van der Waals surface area contributed by atoms with Gasteiger partial charge in [0, 0.05) is 6.20 Å². The van der Waals surface area contributed by atoms with Crippen LogP contribution in [0.4, 0.5) is 14.6 Å². The minimum absolute atomic E-state index is 0.0427. The summed E-state index contributed by atoms with van der Waals surface area (Å²) in [5.74, 6) is -0.793. The standard InChI is InChI=1S/C12H14F2N4O3/c1-12(14)8(20)6(3-19)21-11(12)18-2-5(13)7-9(15)16-4-17-10(7)18/h2,4,6,8,11,19-20H,3H2,1H3,(H2,15,16,17)/t6-,8?,11-,12-/m1/s1. The average Bonchev–Trinajstić information content (AvgIpc) is 2.87. The number of aliphatic hydroxyl groups excluding tert-OH is 2. The van der Waals surface area contributed by atoms with Gasteiger partial charge in [0.05, 0.1) is 12.0 Å². The first-order valence-electron chi connectivity index (χ1n) is 6.27. The number of hydrogen-bond donors (Lipinski definition) is 3. The number of rotatable bonds is 2. The van der Waals surface area contributed by atoms with Crippen LogP contribution in [0.3, 0.4) is 0 Å².